The molecule has 1 aliphatic carbocycles. The van der Waals surface area contributed by atoms with Crippen molar-refractivity contribution in [1.29, 1.82) is 0 Å². The first-order valence-electron chi connectivity index (χ1n) is 5.87. The first-order valence-corrected chi connectivity index (χ1v) is 5.87. The molecule has 0 spiro atoms. The Hall–Kier alpha value is -1.54. The Balaban J connectivity index is 2.54. The van der Waals surface area contributed by atoms with Gasteiger partial charge < -0.3 is 9.64 Å². The minimum absolute atomic E-state index is 0.418. The van der Waals surface area contributed by atoms with Gasteiger partial charge in [0.15, 0.2) is 0 Å². The highest BCUT2D eigenvalue weighted by atomic mass is 16.5. The molecular formula is C15H19NO. The lowest BCUT2D eigenvalue weighted by Crippen LogP contribution is -2.27. The molecule has 0 unspecified atom stereocenters. The molecule has 90 valence electrons. The number of ether oxygens (including phenoxy) is 1. The molecule has 0 bridgehead atoms. The number of anilines is 1. The summed E-state index contributed by atoms with van der Waals surface area (Å²) in [5.41, 5.74) is 1.95. The summed E-state index contributed by atoms with van der Waals surface area (Å²) in [4.78, 5) is 2.12. The molecule has 0 atom stereocenters. The van der Waals surface area contributed by atoms with Gasteiger partial charge in [0.25, 0.3) is 0 Å². The largest absolute Gasteiger partial charge is 0.377 e. The number of nitrogens with zero attached hydrogens (tertiary/aromatic N) is 1. The Morgan fingerprint density at radius 3 is 2.35 bits per heavy atom. The molecule has 0 radical (unpaired) electrons. The molecule has 1 aromatic rings. The molecule has 2 nitrogen and oxygen atoms in total. The van der Waals surface area contributed by atoms with E-state index in [2.05, 4.69) is 67.6 Å². The van der Waals surface area contributed by atoms with Crippen LogP contribution in [0.3, 0.4) is 0 Å². The summed E-state index contributed by atoms with van der Waals surface area (Å²) in [6.45, 7) is 0. The highest BCUT2D eigenvalue weighted by Crippen LogP contribution is 2.36. The normalized spacial score (nSPS) is 17.1. The maximum Gasteiger partial charge on any atom is 0.131 e. The minimum Gasteiger partial charge on any atom is -0.377 e. The van der Waals surface area contributed by atoms with Gasteiger partial charge in [0, 0.05) is 32.5 Å². The smallest absolute Gasteiger partial charge is 0.131 e. The van der Waals surface area contributed by atoms with E-state index in [0.29, 0.717) is 0 Å². The Kier molecular flexibility index (Phi) is 3.34. The van der Waals surface area contributed by atoms with Crippen molar-refractivity contribution in [3.63, 3.8) is 0 Å². The summed E-state index contributed by atoms with van der Waals surface area (Å²) >= 11 is 0. The standard InChI is InChI=1S/C15H19NO/c1-16(2)14-10-6-5-9-13(14)15(17-3)11-7-4-8-12-15/h5-12H,4H2,1-3H3. The predicted molar refractivity (Wildman–Crippen MR) is 72.4 cm³/mol. The molecule has 1 aliphatic rings. The Morgan fingerprint density at radius 2 is 1.76 bits per heavy atom. The zero-order valence-corrected chi connectivity index (χ0v) is 10.7. The maximum absolute atomic E-state index is 5.76. The van der Waals surface area contributed by atoms with E-state index in [1.807, 2.05) is 0 Å². The molecule has 0 N–H and O–H groups in total. The third-order valence-corrected chi connectivity index (χ3v) is 3.15. The summed E-state index contributed by atoms with van der Waals surface area (Å²) < 4.78 is 5.76. The second-order valence-electron chi connectivity index (χ2n) is 4.45. The van der Waals surface area contributed by atoms with Crippen LogP contribution in [0.2, 0.25) is 0 Å². The zero-order valence-electron chi connectivity index (χ0n) is 10.7. The van der Waals surface area contributed by atoms with Crippen molar-refractivity contribution >= 4 is 5.69 Å². The van der Waals surface area contributed by atoms with Crippen molar-refractivity contribution < 1.29 is 4.74 Å². The van der Waals surface area contributed by atoms with Gasteiger partial charge in [-0.05, 0) is 24.6 Å². The van der Waals surface area contributed by atoms with Crippen molar-refractivity contribution in [3.8, 4) is 0 Å². The Labute approximate surface area is 103 Å². The first kappa shape index (κ1) is 11.9. The number of para-hydroxylation sites is 1. The molecule has 1 aromatic carbocycles. The van der Waals surface area contributed by atoms with Gasteiger partial charge in [-0.3, -0.25) is 0 Å². The van der Waals surface area contributed by atoms with Gasteiger partial charge in [0.1, 0.15) is 5.60 Å². The van der Waals surface area contributed by atoms with Crippen LogP contribution >= 0.6 is 0 Å². The molecule has 0 saturated heterocycles. The van der Waals surface area contributed by atoms with Crippen molar-refractivity contribution in [2.45, 2.75) is 12.0 Å². The van der Waals surface area contributed by atoms with Gasteiger partial charge in [0.2, 0.25) is 0 Å². The molecule has 0 heterocycles. The average molecular weight is 229 g/mol. The van der Waals surface area contributed by atoms with Crippen LogP contribution in [0, 0.1) is 0 Å². The number of allylic oxidation sites excluding steroid dienone is 2. The number of hydrogen-bond acceptors (Lipinski definition) is 2. The molecule has 17 heavy (non-hydrogen) atoms. The highest BCUT2D eigenvalue weighted by molar-refractivity contribution is 5.58. The van der Waals surface area contributed by atoms with E-state index in [1.165, 1.54) is 11.3 Å². The van der Waals surface area contributed by atoms with E-state index in [0.717, 1.165) is 6.42 Å². The van der Waals surface area contributed by atoms with E-state index in [-0.39, 0.29) is 0 Å². The lowest BCUT2D eigenvalue weighted by molar-refractivity contribution is 0.0715. The van der Waals surface area contributed by atoms with Gasteiger partial charge in [-0.15, -0.1) is 0 Å². The average Bonchev–Trinajstić information content (AvgIpc) is 2.39. The van der Waals surface area contributed by atoms with E-state index in [1.54, 1.807) is 7.11 Å². The van der Waals surface area contributed by atoms with Crippen molar-refractivity contribution in [2.75, 3.05) is 26.1 Å². The molecule has 0 amide bonds. The Bertz CT molecular complexity index is 434. The van der Waals surface area contributed by atoms with E-state index < -0.39 is 5.60 Å². The summed E-state index contributed by atoms with van der Waals surface area (Å²) in [7, 11) is 5.86. The van der Waals surface area contributed by atoms with E-state index >= 15 is 0 Å². The van der Waals surface area contributed by atoms with Gasteiger partial charge in [-0.25, -0.2) is 0 Å². The second kappa shape index (κ2) is 4.76. The fraction of sp³-hybridized carbons (Fsp3) is 0.333. The molecule has 2 rings (SSSR count). The van der Waals surface area contributed by atoms with Crippen LogP contribution in [0.1, 0.15) is 12.0 Å². The second-order valence-corrected chi connectivity index (χ2v) is 4.45. The topological polar surface area (TPSA) is 12.5 Å². The van der Waals surface area contributed by atoms with E-state index in [9.17, 15) is 0 Å². The fourth-order valence-corrected chi connectivity index (χ4v) is 2.24. The molecule has 0 fully saturated rings. The van der Waals surface area contributed by atoms with Crippen LogP contribution in [0.15, 0.2) is 48.6 Å². The van der Waals surface area contributed by atoms with Crippen LogP contribution in [0.25, 0.3) is 0 Å². The lowest BCUT2D eigenvalue weighted by Gasteiger charge is -2.32. The summed E-state index contributed by atoms with van der Waals surface area (Å²) in [5, 5.41) is 0. The molecule has 0 aromatic heterocycles. The SMILES string of the molecule is COC1(c2ccccc2N(C)C)C=CCC=C1. The molecular weight excluding hydrogens is 210 g/mol. The molecule has 2 heteroatoms. The number of methoxy groups -OCH3 is 1. The predicted octanol–water partition coefficient (Wildman–Crippen LogP) is 3.11. The first-order chi connectivity index (χ1) is 8.19. The lowest BCUT2D eigenvalue weighted by atomic mass is 9.88. The number of benzene rings is 1. The number of hydrogen-bond donors (Lipinski definition) is 0. The van der Waals surface area contributed by atoms with E-state index in [4.69, 9.17) is 4.74 Å². The maximum atomic E-state index is 5.76. The summed E-state index contributed by atoms with van der Waals surface area (Å²) in [6, 6.07) is 8.35. The number of rotatable bonds is 3. The minimum atomic E-state index is -0.418. The van der Waals surface area contributed by atoms with Crippen molar-refractivity contribution in [2.24, 2.45) is 0 Å². The fourth-order valence-electron chi connectivity index (χ4n) is 2.24. The van der Waals surface area contributed by atoms with Crippen LogP contribution in [0.4, 0.5) is 5.69 Å². The summed E-state index contributed by atoms with van der Waals surface area (Å²) in [5.74, 6) is 0. The Morgan fingerprint density at radius 1 is 1.12 bits per heavy atom. The third kappa shape index (κ3) is 2.13. The third-order valence-electron chi connectivity index (χ3n) is 3.15. The van der Waals surface area contributed by atoms with Crippen molar-refractivity contribution in [3.05, 3.63) is 54.1 Å². The van der Waals surface area contributed by atoms with Gasteiger partial charge >= 0.3 is 0 Å². The quantitative estimate of drug-likeness (QED) is 0.738. The zero-order chi connectivity index (χ0) is 12.3. The van der Waals surface area contributed by atoms with Crippen molar-refractivity contribution in [1.82, 2.24) is 0 Å². The molecule has 0 aliphatic heterocycles. The monoisotopic (exact) mass is 229 g/mol. The summed E-state index contributed by atoms with van der Waals surface area (Å²) in [6.07, 6.45) is 9.55. The molecule has 0 saturated carbocycles. The highest BCUT2D eigenvalue weighted by Gasteiger charge is 2.29. The van der Waals surface area contributed by atoms with Crippen LogP contribution in [0.5, 0.6) is 0 Å². The van der Waals surface area contributed by atoms with Gasteiger partial charge in [0.05, 0.1) is 0 Å². The van der Waals surface area contributed by atoms with Crippen LogP contribution in [-0.2, 0) is 10.3 Å². The van der Waals surface area contributed by atoms with Crippen LogP contribution in [-0.4, -0.2) is 21.2 Å². The van der Waals surface area contributed by atoms with Gasteiger partial charge in [-0.2, -0.15) is 0 Å². The van der Waals surface area contributed by atoms with Gasteiger partial charge in [-0.1, -0.05) is 30.4 Å². The van der Waals surface area contributed by atoms with Crippen LogP contribution < -0.4 is 4.90 Å².